The van der Waals surface area contributed by atoms with E-state index >= 15 is 0 Å². The maximum Gasteiger partial charge on any atom is 0.335 e. The van der Waals surface area contributed by atoms with Crippen molar-refractivity contribution in [1.82, 2.24) is 9.80 Å². The van der Waals surface area contributed by atoms with Crippen molar-refractivity contribution < 1.29 is 33.8 Å². The van der Waals surface area contributed by atoms with Gasteiger partial charge in [0.25, 0.3) is 11.8 Å². The first-order chi connectivity index (χ1) is 12.7. The number of amides is 4. The number of benzene rings is 1. The van der Waals surface area contributed by atoms with Crippen LogP contribution in [0.15, 0.2) is 40.3 Å². The minimum absolute atomic E-state index is 0.154. The molecule has 9 nitrogen and oxygen atoms in total. The molecule has 2 aromatic rings. The number of carboxylic acid groups (broad SMARTS) is 1. The normalized spacial score (nSPS) is 14.7. The van der Waals surface area contributed by atoms with Gasteiger partial charge in [0.1, 0.15) is 17.1 Å². The number of carbonyl (C=O) groups excluding carboxylic acids is 3. The summed E-state index contributed by atoms with van der Waals surface area (Å²) in [5, 5.41) is 20.6. The lowest BCUT2D eigenvalue weighted by molar-refractivity contribution is -0.268. The Balaban J connectivity index is 1.97. The van der Waals surface area contributed by atoms with Crippen molar-refractivity contribution in [3.8, 4) is 17.1 Å². The maximum absolute atomic E-state index is 12.2. The van der Waals surface area contributed by atoms with E-state index in [-0.39, 0.29) is 17.1 Å². The van der Waals surface area contributed by atoms with Crippen LogP contribution in [0, 0.1) is 0 Å². The number of carbonyl (C=O) groups is 4. The van der Waals surface area contributed by atoms with Gasteiger partial charge in [-0.3, -0.25) is 19.4 Å². The van der Waals surface area contributed by atoms with E-state index in [4.69, 9.17) is 9.52 Å². The summed E-state index contributed by atoms with van der Waals surface area (Å²) in [4.78, 5) is 48.8. The molecular weight excluding hydrogens is 356 g/mol. The summed E-state index contributed by atoms with van der Waals surface area (Å²) in [6, 6.07) is 5.95. The van der Waals surface area contributed by atoms with Gasteiger partial charge in [-0.1, -0.05) is 17.9 Å². The Morgan fingerprint density at radius 3 is 2.30 bits per heavy atom. The lowest BCUT2D eigenvalue weighted by Gasteiger charge is -2.28. The molecular formula is C18H13N2O7-. The number of hydrogen-bond donors (Lipinski definition) is 1. The highest BCUT2D eigenvalue weighted by molar-refractivity contribution is 6.30. The van der Waals surface area contributed by atoms with Gasteiger partial charge in [-0.05, 0) is 24.3 Å². The van der Waals surface area contributed by atoms with E-state index in [1.807, 2.05) is 0 Å². The Kier molecular flexibility index (Phi) is 4.28. The van der Waals surface area contributed by atoms with Gasteiger partial charge < -0.3 is 14.6 Å². The predicted molar refractivity (Wildman–Crippen MR) is 89.5 cm³/mol. The average molecular weight is 369 g/mol. The maximum atomic E-state index is 12.2. The topological polar surface area (TPSA) is 131 Å². The lowest BCUT2D eigenvalue weighted by atomic mass is 10.1. The van der Waals surface area contributed by atoms with Crippen molar-refractivity contribution >= 4 is 29.9 Å². The fraction of sp³-hybridized carbons (Fsp3) is 0.111. The van der Waals surface area contributed by atoms with Gasteiger partial charge in [0.15, 0.2) is 0 Å². The molecule has 0 atom stereocenters. The highest BCUT2D eigenvalue weighted by Crippen LogP contribution is 2.28. The van der Waals surface area contributed by atoms with Gasteiger partial charge in [0.2, 0.25) is 0 Å². The molecule has 1 aromatic carbocycles. The Bertz CT molecular complexity index is 992. The second-order valence-electron chi connectivity index (χ2n) is 5.79. The number of barbiturate groups is 1. The van der Waals surface area contributed by atoms with Crippen LogP contribution in [-0.4, -0.2) is 52.8 Å². The first-order valence-corrected chi connectivity index (χ1v) is 7.67. The first-order valence-electron chi connectivity index (χ1n) is 7.67. The van der Waals surface area contributed by atoms with Crippen molar-refractivity contribution in [1.29, 1.82) is 0 Å². The molecule has 27 heavy (non-hydrogen) atoms. The van der Waals surface area contributed by atoms with Crippen LogP contribution in [0.3, 0.4) is 0 Å². The molecule has 3 rings (SSSR count). The van der Waals surface area contributed by atoms with E-state index in [0.29, 0.717) is 5.56 Å². The summed E-state index contributed by atoms with van der Waals surface area (Å²) < 4.78 is 5.54. The zero-order valence-corrected chi connectivity index (χ0v) is 14.3. The minimum atomic E-state index is -1.36. The Hall–Kier alpha value is -3.88. The summed E-state index contributed by atoms with van der Waals surface area (Å²) in [5.41, 5.74) is -0.299. The number of rotatable bonds is 3. The first kappa shape index (κ1) is 17.9. The number of aromatic carboxylic acids is 1. The molecule has 1 aliphatic rings. The highest BCUT2D eigenvalue weighted by Gasteiger charge is 2.38. The molecule has 0 radical (unpaired) electrons. The fourth-order valence-electron chi connectivity index (χ4n) is 2.55. The van der Waals surface area contributed by atoms with Crippen LogP contribution in [0.25, 0.3) is 17.4 Å². The highest BCUT2D eigenvalue weighted by atomic mass is 16.4. The second kappa shape index (κ2) is 6.45. The number of hydrogen-bond acceptors (Lipinski definition) is 6. The molecule has 138 valence electrons. The van der Waals surface area contributed by atoms with Gasteiger partial charge in [0.05, 0.1) is 5.56 Å². The zero-order valence-electron chi connectivity index (χ0n) is 14.3. The number of carboxylic acids is 1. The summed E-state index contributed by atoms with van der Waals surface area (Å²) in [6.07, 6.45) is 1.20. The molecule has 1 N–H and O–H groups in total. The number of urea groups is 1. The molecule has 1 fully saturated rings. The SMILES string of the molecule is CN1C(=O)C(=Cc2ccc(-c3ccc([O-])c(C(=O)O)c3)o2)C(=O)N(C)C1=O. The van der Waals surface area contributed by atoms with Gasteiger partial charge in [-0.25, -0.2) is 9.59 Å². The van der Waals surface area contributed by atoms with E-state index in [9.17, 15) is 24.3 Å². The monoisotopic (exact) mass is 369 g/mol. The Morgan fingerprint density at radius 2 is 1.70 bits per heavy atom. The van der Waals surface area contributed by atoms with Crippen molar-refractivity contribution in [2.45, 2.75) is 0 Å². The standard InChI is InChI=1S/C18H14N2O7/c1-19-15(22)12(16(23)20(2)18(19)26)8-10-4-6-14(27-10)9-3-5-13(21)11(7-9)17(24)25/h3-8,21H,1-2H3,(H,24,25)/p-1. The second-order valence-corrected chi connectivity index (χ2v) is 5.79. The molecule has 0 aliphatic carbocycles. The minimum Gasteiger partial charge on any atom is -0.872 e. The Labute approximate surface area is 152 Å². The summed E-state index contributed by atoms with van der Waals surface area (Å²) >= 11 is 0. The summed E-state index contributed by atoms with van der Waals surface area (Å²) in [5.74, 6) is -3.10. The van der Waals surface area contributed by atoms with Crippen LogP contribution in [0.5, 0.6) is 5.75 Å². The van der Waals surface area contributed by atoms with E-state index in [0.717, 1.165) is 15.9 Å². The van der Waals surface area contributed by atoms with E-state index < -0.39 is 35.1 Å². The summed E-state index contributed by atoms with van der Waals surface area (Å²) in [6.45, 7) is 0. The average Bonchev–Trinajstić information content (AvgIpc) is 3.11. The van der Waals surface area contributed by atoms with Crippen LogP contribution in [0.4, 0.5) is 4.79 Å². The van der Waals surface area contributed by atoms with Crippen LogP contribution in [0.1, 0.15) is 16.1 Å². The third kappa shape index (κ3) is 3.06. The molecule has 0 bridgehead atoms. The molecule has 1 saturated heterocycles. The number of nitrogens with zero attached hydrogens (tertiary/aromatic N) is 2. The molecule has 1 aromatic heterocycles. The number of furan rings is 1. The lowest BCUT2D eigenvalue weighted by Crippen LogP contribution is -2.52. The quantitative estimate of drug-likeness (QED) is 0.634. The van der Waals surface area contributed by atoms with Gasteiger partial charge in [-0.2, -0.15) is 0 Å². The molecule has 0 unspecified atom stereocenters. The summed E-state index contributed by atoms with van der Waals surface area (Å²) in [7, 11) is 2.51. The van der Waals surface area contributed by atoms with Crippen LogP contribution in [-0.2, 0) is 9.59 Å². The van der Waals surface area contributed by atoms with Gasteiger partial charge in [-0.15, -0.1) is 0 Å². The predicted octanol–water partition coefficient (Wildman–Crippen LogP) is 1.15. The Morgan fingerprint density at radius 1 is 1.07 bits per heavy atom. The van der Waals surface area contributed by atoms with Crippen LogP contribution >= 0.6 is 0 Å². The number of likely N-dealkylation sites (N-methyl/N-ethyl adjacent to an activating group) is 2. The number of imide groups is 2. The van der Waals surface area contributed by atoms with Crippen molar-refractivity contribution in [3.63, 3.8) is 0 Å². The van der Waals surface area contributed by atoms with Gasteiger partial charge in [0, 0.05) is 19.7 Å². The van der Waals surface area contributed by atoms with Crippen molar-refractivity contribution in [2.24, 2.45) is 0 Å². The molecule has 2 heterocycles. The van der Waals surface area contributed by atoms with E-state index in [2.05, 4.69) is 0 Å². The fourth-order valence-corrected chi connectivity index (χ4v) is 2.55. The third-order valence-corrected chi connectivity index (χ3v) is 4.05. The largest absolute Gasteiger partial charge is 0.872 e. The van der Waals surface area contributed by atoms with Crippen LogP contribution in [0.2, 0.25) is 0 Å². The molecule has 1 aliphatic heterocycles. The molecule has 0 saturated carbocycles. The van der Waals surface area contributed by atoms with E-state index in [1.54, 1.807) is 0 Å². The zero-order chi connectivity index (χ0) is 19.9. The van der Waals surface area contributed by atoms with Crippen molar-refractivity contribution in [2.75, 3.05) is 14.1 Å². The molecule has 0 spiro atoms. The van der Waals surface area contributed by atoms with E-state index in [1.165, 1.54) is 44.4 Å². The smallest absolute Gasteiger partial charge is 0.335 e. The van der Waals surface area contributed by atoms with Gasteiger partial charge >= 0.3 is 12.0 Å². The van der Waals surface area contributed by atoms with Crippen molar-refractivity contribution in [3.05, 3.63) is 47.2 Å². The van der Waals surface area contributed by atoms with Crippen LogP contribution < -0.4 is 5.11 Å². The third-order valence-electron chi connectivity index (χ3n) is 4.05. The molecule has 4 amide bonds. The molecule has 9 heteroatoms.